The summed E-state index contributed by atoms with van der Waals surface area (Å²) in [4.78, 5) is 35.7. The highest BCUT2D eigenvalue weighted by Crippen LogP contribution is 2.13. The van der Waals surface area contributed by atoms with Gasteiger partial charge in [-0.05, 0) is 43.4 Å². The molecule has 6 nitrogen and oxygen atoms in total. The minimum absolute atomic E-state index is 0.201. The van der Waals surface area contributed by atoms with Crippen molar-refractivity contribution >= 4 is 17.8 Å². The maximum absolute atomic E-state index is 12.1. The zero-order valence-corrected chi connectivity index (χ0v) is 14.8. The molecule has 1 atom stereocenters. The SMILES string of the molecule is COC(=O)[C@H](CC(C)C)NC(=O)COC(=O)c1cccc(C)c1C. The number of carbonyl (C=O) groups is 3. The molecule has 0 saturated heterocycles. The maximum Gasteiger partial charge on any atom is 0.338 e. The average Bonchev–Trinajstić information content (AvgIpc) is 2.53. The van der Waals surface area contributed by atoms with Crippen LogP contribution in [0.5, 0.6) is 0 Å². The van der Waals surface area contributed by atoms with E-state index in [0.717, 1.165) is 11.1 Å². The molecule has 24 heavy (non-hydrogen) atoms. The number of methoxy groups -OCH3 is 1. The number of benzene rings is 1. The average molecular weight is 335 g/mol. The lowest BCUT2D eigenvalue weighted by Crippen LogP contribution is -2.44. The van der Waals surface area contributed by atoms with Crippen LogP contribution < -0.4 is 5.32 Å². The van der Waals surface area contributed by atoms with Crippen molar-refractivity contribution in [3.8, 4) is 0 Å². The second-order valence-corrected chi connectivity index (χ2v) is 6.10. The summed E-state index contributed by atoms with van der Waals surface area (Å²) < 4.78 is 9.72. The Morgan fingerprint density at radius 2 is 1.83 bits per heavy atom. The van der Waals surface area contributed by atoms with E-state index in [0.29, 0.717) is 12.0 Å². The highest BCUT2D eigenvalue weighted by Gasteiger charge is 2.23. The van der Waals surface area contributed by atoms with E-state index < -0.39 is 30.5 Å². The van der Waals surface area contributed by atoms with Gasteiger partial charge >= 0.3 is 11.9 Å². The van der Waals surface area contributed by atoms with Gasteiger partial charge in [-0.1, -0.05) is 26.0 Å². The summed E-state index contributed by atoms with van der Waals surface area (Å²) >= 11 is 0. The molecule has 1 N–H and O–H groups in total. The molecule has 1 amide bonds. The van der Waals surface area contributed by atoms with Crippen molar-refractivity contribution in [1.29, 1.82) is 0 Å². The van der Waals surface area contributed by atoms with Crippen LogP contribution in [0.1, 0.15) is 41.8 Å². The summed E-state index contributed by atoms with van der Waals surface area (Å²) in [7, 11) is 1.27. The van der Waals surface area contributed by atoms with E-state index in [2.05, 4.69) is 10.1 Å². The van der Waals surface area contributed by atoms with Crippen LogP contribution in [0.4, 0.5) is 0 Å². The summed E-state index contributed by atoms with van der Waals surface area (Å²) in [5.74, 6) is -1.42. The van der Waals surface area contributed by atoms with Crippen LogP contribution in [-0.2, 0) is 19.1 Å². The van der Waals surface area contributed by atoms with E-state index in [1.807, 2.05) is 33.8 Å². The quantitative estimate of drug-likeness (QED) is 0.772. The standard InChI is InChI=1S/C18H25NO5/c1-11(2)9-15(18(22)23-5)19-16(20)10-24-17(21)14-8-6-7-12(3)13(14)4/h6-8,11,15H,9-10H2,1-5H3,(H,19,20)/t15-/m0/s1. The molecule has 1 aromatic rings. The molecule has 0 bridgehead atoms. The first-order valence-electron chi connectivity index (χ1n) is 7.86. The van der Waals surface area contributed by atoms with Gasteiger partial charge in [-0.2, -0.15) is 0 Å². The van der Waals surface area contributed by atoms with Crippen LogP contribution >= 0.6 is 0 Å². The summed E-state index contributed by atoms with van der Waals surface area (Å²) in [6.45, 7) is 7.14. The predicted octanol–water partition coefficient (Wildman–Crippen LogP) is 2.16. The van der Waals surface area contributed by atoms with Crippen LogP contribution in [0.3, 0.4) is 0 Å². The third-order valence-corrected chi connectivity index (χ3v) is 3.69. The number of aryl methyl sites for hydroxylation is 1. The molecule has 0 aliphatic heterocycles. The second kappa shape index (κ2) is 9.05. The molecular formula is C18H25NO5. The van der Waals surface area contributed by atoms with Gasteiger partial charge < -0.3 is 14.8 Å². The molecule has 0 aliphatic rings. The molecule has 0 aromatic heterocycles. The molecule has 0 saturated carbocycles. The van der Waals surface area contributed by atoms with Gasteiger partial charge in [-0.25, -0.2) is 9.59 Å². The topological polar surface area (TPSA) is 81.7 Å². The van der Waals surface area contributed by atoms with Gasteiger partial charge in [0.15, 0.2) is 6.61 Å². The van der Waals surface area contributed by atoms with E-state index in [9.17, 15) is 14.4 Å². The van der Waals surface area contributed by atoms with Gasteiger partial charge in [0.1, 0.15) is 6.04 Å². The van der Waals surface area contributed by atoms with Crippen LogP contribution in [0, 0.1) is 19.8 Å². The number of hydrogen-bond acceptors (Lipinski definition) is 5. The van der Waals surface area contributed by atoms with E-state index in [1.54, 1.807) is 12.1 Å². The largest absolute Gasteiger partial charge is 0.467 e. The summed E-state index contributed by atoms with van der Waals surface area (Å²) in [6.07, 6.45) is 0.448. The van der Waals surface area contributed by atoms with Gasteiger partial charge in [-0.3, -0.25) is 4.79 Å². The van der Waals surface area contributed by atoms with Gasteiger partial charge in [0, 0.05) is 0 Å². The van der Waals surface area contributed by atoms with Crippen molar-refractivity contribution in [2.24, 2.45) is 5.92 Å². The summed E-state index contributed by atoms with van der Waals surface area (Å²) in [6, 6.07) is 4.56. The fraction of sp³-hybridized carbons (Fsp3) is 0.500. The third-order valence-electron chi connectivity index (χ3n) is 3.69. The normalized spacial score (nSPS) is 11.8. The van der Waals surface area contributed by atoms with Gasteiger partial charge in [0.25, 0.3) is 5.91 Å². The molecule has 0 unspecified atom stereocenters. The zero-order chi connectivity index (χ0) is 18.3. The Bertz CT molecular complexity index is 609. The molecule has 0 heterocycles. The Labute approximate surface area is 142 Å². The van der Waals surface area contributed by atoms with Gasteiger partial charge in [0.2, 0.25) is 0 Å². The van der Waals surface area contributed by atoms with E-state index >= 15 is 0 Å². The first-order chi connectivity index (χ1) is 11.3. The number of nitrogens with one attached hydrogen (secondary N) is 1. The number of rotatable bonds is 7. The highest BCUT2D eigenvalue weighted by atomic mass is 16.5. The van der Waals surface area contributed by atoms with Crippen molar-refractivity contribution in [3.63, 3.8) is 0 Å². The van der Waals surface area contributed by atoms with Crippen LogP contribution in [-0.4, -0.2) is 37.6 Å². The monoisotopic (exact) mass is 335 g/mol. The van der Waals surface area contributed by atoms with Crippen molar-refractivity contribution in [1.82, 2.24) is 5.32 Å². The Morgan fingerprint density at radius 3 is 2.42 bits per heavy atom. The fourth-order valence-electron chi connectivity index (χ4n) is 2.24. The molecule has 6 heteroatoms. The maximum atomic E-state index is 12.1. The molecule has 0 spiro atoms. The molecule has 1 aromatic carbocycles. The van der Waals surface area contributed by atoms with E-state index in [-0.39, 0.29) is 5.92 Å². The van der Waals surface area contributed by atoms with Gasteiger partial charge in [-0.15, -0.1) is 0 Å². The van der Waals surface area contributed by atoms with Crippen molar-refractivity contribution < 1.29 is 23.9 Å². The molecule has 0 radical (unpaired) electrons. The number of ether oxygens (including phenoxy) is 2. The third kappa shape index (κ3) is 5.68. The summed E-state index contributed by atoms with van der Waals surface area (Å²) in [5.41, 5.74) is 2.21. The minimum Gasteiger partial charge on any atom is -0.467 e. The zero-order valence-electron chi connectivity index (χ0n) is 14.8. The fourth-order valence-corrected chi connectivity index (χ4v) is 2.24. The Morgan fingerprint density at radius 1 is 1.17 bits per heavy atom. The van der Waals surface area contributed by atoms with Crippen LogP contribution in [0.2, 0.25) is 0 Å². The van der Waals surface area contributed by atoms with Crippen LogP contribution in [0.25, 0.3) is 0 Å². The number of esters is 2. The Hall–Kier alpha value is -2.37. The van der Waals surface area contributed by atoms with Crippen molar-refractivity contribution in [2.75, 3.05) is 13.7 Å². The van der Waals surface area contributed by atoms with E-state index in [4.69, 9.17) is 4.74 Å². The molecule has 1 rings (SSSR count). The second-order valence-electron chi connectivity index (χ2n) is 6.10. The molecule has 132 valence electrons. The van der Waals surface area contributed by atoms with E-state index in [1.165, 1.54) is 7.11 Å². The minimum atomic E-state index is -0.748. The number of hydrogen-bond donors (Lipinski definition) is 1. The lowest BCUT2D eigenvalue weighted by atomic mass is 10.0. The lowest BCUT2D eigenvalue weighted by molar-refractivity contribution is -0.145. The number of carbonyl (C=O) groups excluding carboxylic acids is 3. The van der Waals surface area contributed by atoms with Crippen LogP contribution in [0.15, 0.2) is 18.2 Å². The van der Waals surface area contributed by atoms with Crippen molar-refractivity contribution in [3.05, 3.63) is 34.9 Å². The first kappa shape index (κ1) is 19.7. The lowest BCUT2D eigenvalue weighted by Gasteiger charge is -2.18. The predicted molar refractivity (Wildman–Crippen MR) is 89.6 cm³/mol. The molecule has 0 fully saturated rings. The first-order valence-corrected chi connectivity index (χ1v) is 7.86. The smallest absolute Gasteiger partial charge is 0.338 e. The molecular weight excluding hydrogens is 310 g/mol. The Balaban J connectivity index is 2.62. The van der Waals surface area contributed by atoms with Crippen molar-refractivity contribution in [2.45, 2.75) is 40.2 Å². The Kier molecular flexibility index (Phi) is 7.42. The highest BCUT2D eigenvalue weighted by molar-refractivity contribution is 5.93. The molecule has 0 aliphatic carbocycles. The summed E-state index contributed by atoms with van der Waals surface area (Å²) in [5, 5.41) is 2.54. The van der Waals surface area contributed by atoms with Gasteiger partial charge in [0.05, 0.1) is 12.7 Å². The number of amides is 1.